The van der Waals surface area contributed by atoms with Gasteiger partial charge in [-0.15, -0.1) is 21.5 Å². The maximum atomic E-state index is 4.08. The highest BCUT2D eigenvalue weighted by molar-refractivity contribution is 14.1. The van der Waals surface area contributed by atoms with Crippen LogP contribution < -0.4 is 0 Å². The highest BCUT2D eigenvalue weighted by atomic mass is 127. The molecule has 0 aliphatic heterocycles. The van der Waals surface area contributed by atoms with E-state index in [4.69, 9.17) is 0 Å². The van der Waals surface area contributed by atoms with E-state index < -0.39 is 0 Å². The SMILES string of the molecule is Brc1cc(-c2nnc(I)s2)c(Br)s1. The lowest BCUT2D eigenvalue weighted by atomic mass is 10.4. The molecular formula is C6HBr2IN2S2. The van der Waals surface area contributed by atoms with Crippen LogP contribution in [0.4, 0.5) is 0 Å². The smallest absolute Gasteiger partial charge is 0.137 e. The third-order valence-electron chi connectivity index (χ3n) is 1.29. The van der Waals surface area contributed by atoms with E-state index in [1.54, 1.807) is 22.7 Å². The Kier molecular flexibility index (Phi) is 3.39. The van der Waals surface area contributed by atoms with E-state index in [1.807, 2.05) is 6.07 Å². The third kappa shape index (κ3) is 2.31. The van der Waals surface area contributed by atoms with Crippen LogP contribution in [0.25, 0.3) is 10.6 Å². The van der Waals surface area contributed by atoms with Crippen molar-refractivity contribution in [2.45, 2.75) is 0 Å². The molecule has 2 rings (SSSR count). The minimum atomic E-state index is 0.957. The van der Waals surface area contributed by atoms with Gasteiger partial charge in [-0.25, -0.2) is 0 Å². The number of aromatic nitrogens is 2. The van der Waals surface area contributed by atoms with Gasteiger partial charge in [0, 0.05) is 5.56 Å². The summed E-state index contributed by atoms with van der Waals surface area (Å²) in [6, 6.07) is 2.05. The summed E-state index contributed by atoms with van der Waals surface area (Å²) in [5.74, 6) is 0. The average molecular weight is 452 g/mol. The molecule has 0 aliphatic rings. The number of hydrogen-bond acceptors (Lipinski definition) is 4. The van der Waals surface area contributed by atoms with Gasteiger partial charge in [0.15, 0.2) is 8.02 Å². The Morgan fingerprint density at radius 1 is 1.23 bits per heavy atom. The molecule has 0 aromatic carbocycles. The van der Waals surface area contributed by atoms with Crippen molar-refractivity contribution < 1.29 is 0 Å². The molecule has 13 heavy (non-hydrogen) atoms. The average Bonchev–Trinajstić information content (AvgIpc) is 2.58. The Bertz CT molecular complexity index is 440. The molecule has 0 N–H and O–H groups in total. The second kappa shape index (κ2) is 4.21. The Balaban J connectivity index is 2.51. The Hall–Kier alpha value is 0.950. The molecule has 0 unspecified atom stereocenters. The number of rotatable bonds is 1. The maximum Gasteiger partial charge on any atom is 0.178 e. The van der Waals surface area contributed by atoms with Crippen molar-refractivity contribution in [1.29, 1.82) is 0 Å². The molecule has 0 fully saturated rings. The number of nitrogens with zero attached hydrogens (tertiary/aromatic N) is 2. The van der Waals surface area contributed by atoms with E-state index in [9.17, 15) is 0 Å². The molecule has 2 aromatic heterocycles. The lowest BCUT2D eigenvalue weighted by Gasteiger charge is -1.87. The molecule has 0 saturated carbocycles. The van der Waals surface area contributed by atoms with Crippen molar-refractivity contribution in [3.8, 4) is 10.6 Å². The molecule has 2 heterocycles. The molecule has 0 amide bonds. The van der Waals surface area contributed by atoms with Gasteiger partial charge in [0.1, 0.15) is 0 Å². The van der Waals surface area contributed by atoms with E-state index in [2.05, 4.69) is 64.6 Å². The van der Waals surface area contributed by atoms with Crippen LogP contribution >= 0.6 is 77.1 Å². The first-order valence-electron chi connectivity index (χ1n) is 3.11. The summed E-state index contributed by atoms with van der Waals surface area (Å²) in [6.07, 6.45) is 0. The normalized spacial score (nSPS) is 10.7. The number of halogens is 3. The van der Waals surface area contributed by atoms with Gasteiger partial charge >= 0.3 is 0 Å². The minimum absolute atomic E-state index is 0.957. The molecule has 7 heteroatoms. The van der Waals surface area contributed by atoms with E-state index in [0.29, 0.717) is 0 Å². The number of thiophene rings is 1. The highest BCUT2D eigenvalue weighted by Crippen LogP contribution is 2.39. The predicted octanol–water partition coefficient (Wildman–Crippen LogP) is 4.40. The summed E-state index contributed by atoms with van der Waals surface area (Å²) in [5, 5.41) is 9.00. The van der Waals surface area contributed by atoms with Gasteiger partial charge in [0.05, 0.1) is 7.57 Å². The van der Waals surface area contributed by atoms with E-state index in [0.717, 1.165) is 21.2 Å². The van der Waals surface area contributed by atoms with Gasteiger partial charge in [-0.05, 0) is 60.5 Å². The first-order valence-corrected chi connectivity index (χ1v) is 7.41. The topological polar surface area (TPSA) is 25.8 Å². The molecule has 0 atom stereocenters. The van der Waals surface area contributed by atoms with Crippen molar-refractivity contribution in [2.75, 3.05) is 0 Å². The molecule has 68 valence electrons. The summed E-state index contributed by atoms with van der Waals surface area (Å²) in [5.41, 5.74) is 1.11. The van der Waals surface area contributed by atoms with Crippen LogP contribution in [0.1, 0.15) is 0 Å². The zero-order chi connectivity index (χ0) is 9.42. The lowest BCUT2D eigenvalue weighted by molar-refractivity contribution is 1.07. The zero-order valence-electron chi connectivity index (χ0n) is 5.92. The van der Waals surface area contributed by atoms with Crippen molar-refractivity contribution in [2.24, 2.45) is 0 Å². The summed E-state index contributed by atoms with van der Waals surface area (Å²) >= 11 is 12.3. The van der Waals surface area contributed by atoms with Gasteiger partial charge in [-0.1, -0.05) is 11.3 Å². The van der Waals surface area contributed by atoms with Gasteiger partial charge in [0.25, 0.3) is 0 Å². The summed E-state index contributed by atoms with van der Waals surface area (Å²) in [7, 11) is 0. The fraction of sp³-hybridized carbons (Fsp3) is 0. The van der Waals surface area contributed by atoms with Crippen molar-refractivity contribution in [1.82, 2.24) is 10.2 Å². The largest absolute Gasteiger partial charge is 0.178 e. The van der Waals surface area contributed by atoms with Crippen LogP contribution in [0.15, 0.2) is 13.6 Å². The van der Waals surface area contributed by atoms with Crippen LogP contribution in [0.2, 0.25) is 0 Å². The Labute approximate surface area is 113 Å². The molecular weight excluding hydrogens is 451 g/mol. The van der Waals surface area contributed by atoms with Gasteiger partial charge < -0.3 is 0 Å². The van der Waals surface area contributed by atoms with Crippen LogP contribution in [-0.2, 0) is 0 Å². The summed E-state index contributed by atoms with van der Waals surface area (Å²) in [4.78, 5) is 0. The first-order chi connectivity index (χ1) is 6.16. The third-order valence-corrected chi connectivity index (χ3v) is 5.25. The van der Waals surface area contributed by atoms with E-state index >= 15 is 0 Å². The molecule has 0 saturated heterocycles. The highest BCUT2D eigenvalue weighted by Gasteiger charge is 2.11. The quantitative estimate of drug-likeness (QED) is 0.601. The summed E-state index contributed by atoms with van der Waals surface area (Å²) in [6.45, 7) is 0. The lowest BCUT2D eigenvalue weighted by Crippen LogP contribution is -1.72. The molecule has 0 bridgehead atoms. The maximum absolute atomic E-state index is 4.08. The Morgan fingerprint density at radius 3 is 2.46 bits per heavy atom. The van der Waals surface area contributed by atoms with Crippen molar-refractivity contribution in [3.63, 3.8) is 0 Å². The standard InChI is InChI=1S/C6HBr2IN2S2/c7-3-1-2(4(8)12-3)5-10-11-6(9)13-5/h1H. The van der Waals surface area contributed by atoms with Crippen LogP contribution in [-0.4, -0.2) is 10.2 Å². The van der Waals surface area contributed by atoms with Gasteiger partial charge in [0.2, 0.25) is 0 Å². The fourth-order valence-corrected chi connectivity index (χ4v) is 5.13. The molecule has 0 spiro atoms. The van der Waals surface area contributed by atoms with Gasteiger partial charge in [-0.3, -0.25) is 0 Å². The second-order valence-corrected chi connectivity index (χ2v) is 8.58. The van der Waals surface area contributed by atoms with Crippen LogP contribution in [0, 0.1) is 3.01 Å². The minimum Gasteiger partial charge on any atom is -0.137 e. The predicted molar refractivity (Wildman–Crippen MR) is 71.3 cm³/mol. The second-order valence-electron chi connectivity index (χ2n) is 2.10. The van der Waals surface area contributed by atoms with Gasteiger partial charge in [-0.2, -0.15) is 0 Å². The molecule has 0 aliphatic carbocycles. The summed E-state index contributed by atoms with van der Waals surface area (Å²) < 4.78 is 3.15. The molecule has 0 radical (unpaired) electrons. The molecule has 2 nitrogen and oxygen atoms in total. The number of hydrogen-bond donors (Lipinski definition) is 0. The fourth-order valence-electron chi connectivity index (χ4n) is 0.800. The van der Waals surface area contributed by atoms with Crippen molar-refractivity contribution >= 4 is 77.1 Å². The zero-order valence-corrected chi connectivity index (χ0v) is 12.9. The van der Waals surface area contributed by atoms with E-state index in [1.165, 1.54) is 0 Å². The monoisotopic (exact) mass is 450 g/mol. The van der Waals surface area contributed by atoms with E-state index in [-0.39, 0.29) is 0 Å². The molecule has 2 aromatic rings. The first kappa shape index (κ1) is 10.5. The van der Waals surface area contributed by atoms with Crippen LogP contribution in [0.5, 0.6) is 0 Å². The van der Waals surface area contributed by atoms with Crippen molar-refractivity contribution in [3.05, 3.63) is 16.7 Å². The Morgan fingerprint density at radius 2 is 2.00 bits per heavy atom. The van der Waals surface area contributed by atoms with Crippen LogP contribution in [0.3, 0.4) is 0 Å².